The Labute approximate surface area is 142 Å². The number of carbonyl (C=O) groups excluding carboxylic acids is 1. The zero-order valence-electron chi connectivity index (χ0n) is 14.3. The van der Waals surface area contributed by atoms with Crippen molar-refractivity contribution in [3.63, 3.8) is 0 Å². The SMILES string of the molecule is CCC(CC)C(C(=O)c1ccc(O)cc1O)c1ccc(OC)cc1. The Hall–Kier alpha value is -2.49. The minimum Gasteiger partial charge on any atom is -0.508 e. The van der Waals surface area contributed by atoms with Crippen LogP contribution in [0.15, 0.2) is 42.5 Å². The summed E-state index contributed by atoms with van der Waals surface area (Å²) >= 11 is 0. The standard InChI is InChI=1S/C20H24O4/c1-4-13(5-2)19(14-6-9-16(24-3)10-7-14)20(23)17-11-8-15(21)12-18(17)22/h6-13,19,21-22H,4-5H2,1-3H3. The number of Topliss-reactive ketones (excluding diaryl/α,β-unsaturated/α-hetero) is 1. The summed E-state index contributed by atoms with van der Waals surface area (Å²) in [5.41, 5.74) is 1.14. The molecular formula is C20H24O4. The minimum absolute atomic E-state index is 0.0624. The summed E-state index contributed by atoms with van der Waals surface area (Å²) in [7, 11) is 1.60. The maximum absolute atomic E-state index is 13.1. The van der Waals surface area contributed by atoms with Crippen LogP contribution in [0.25, 0.3) is 0 Å². The van der Waals surface area contributed by atoms with Crippen LogP contribution in [0.5, 0.6) is 17.2 Å². The van der Waals surface area contributed by atoms with E-state index in [1.807, 2.05) is 24.3 Å². The molecule has 0 fully saturated rings. The zero-order chi connectivity index (χ0) is 17.7. The average Bonchev–Trinajstić information content (AvgIpc) is 2.59. The fraction of sp³-hybridized carbons (Fsp3) is 0.350. The molecule has 24 heavy (non-hydrogen) atoms. The Kier molecular flexibility index (Phi) is 5.85. The fourth-order valence-corrected chi connectivity index (χ4v) is 3.10. The molecule has 0 bridgehead atoms. The number of ketones is 1. The van der Waals surface area contributed by atoms with Gasteiger partial charge in [-0.05, 0) is 35.7 Å². The van der Waals surface area contributed by atoms with E-state index in [1.165, 1.54) is 18.2 Å². The molecule has 0 saturated carbocycles. The van der Waals surface area contributed by atoms with Crippen molar-refractivity contribution in [2.45, 2.75) is 32.6 Å². The molecule has 0 spiro atoms. The Balaban J connectivity index is 2.46. The lowest BCUT2D eigenvalue weighted by Crippen LogP contribution is -2.21. The Bertz CT molecular complexity index is 687. The maximum atomic E-state index is 13.1. The number of methoxy groups -OCH3 is 1. The van der Waals surface area contributed by atoms with Crippen LogP contribution in [-0.2, 0) is 0 Å². The second kappa shape index (κ2) is 7.86. The number of ether oxygens (including phenoxy) is 1. The van der Waals surface area contributed by atoms with Gasteiger partial charge in [0.25, 0.3) is 0 Å². The number of rotatable bonds is 7. The first-order valence-electron chi connectivity index (χ1n) is 8.21. The first-order chi connectivity index (χ1) is 11.5. The smallest absolute Gasteiger partial charge is 0.174 e. The van der Waals surface area contributed by atoms with Gasteiger partial charge >= 0.3 is 0 Å². The molecule has 0 aliphatic heterocycles. The van der Waals surface area contributed by atoms with Crippen molar-refractivity contribution in [1.82, 2.24) is 0 Å². The predicted octanol–water partition coefficient (Wildman–Crippen LogP) is 4.51. The number of carbonyl (C=O) groups is 1. The zero-order valence-corrected chi connectivity index (χ0v) is 14.3. The summed E-state index contributed by atoms with van der Waals surface area (Å²) in [5.74, 6) is 0.172. The van der Waals surface area contributed by atoms with E-state index < -0.39 is 0 Å². The molecule has 0 aliphatic carbocycles. The Morgan fingerprint density at radius 2 is 1.67 bits per heavy atom. The highest BCUT2D eigenvalue weighted by Gasteiger charge is 2.30. The molecule has 0 saturated heterocycles. The van der Waals surface area contributed by atoms with Crippen LogP contribution < -0.4 is 4.74 Å². The van der Waals surface area contributed by atoms with Crippen LogP contribution in [0.3, 0.4) is 0 Å². The number of benzene rings is 2. The van der Waals surface area contributed by atoms with Gasteiger partial charge < -0.3 is 14.9 Å². The van der Waals surface area contributed by atoms with Crippen molar-refractivity contribution < 1.29 is 19.7 Å². The van der Waals surface area contributed by atoms with E-state index >= 15 is 0 Å². The van der Waals surface area contributed by atoms with E-state index in [0.29, 0.717) is 0 Å². The molecular weight excluding hydrogens is 304 g/mol. The number of hydrogen-bond acceptors (Lipinski definition) is 4. The predicted molar refractivity (Wildman–Crippen MR) is 93.9 cm³/mol. The van der Waals surface area contributed by atoms with Gasteiger partial charge in [-0.25, -0.2) is 0 Å². The molecule has 1 unspecified atom stereocenters. The van der Waals surface area contributed by atoms with Gasteiger partial charge in [0.05, 0.1) is 18.6 Å². The van der Waals surface area contributed by atoms with Crippen LogP contribution in [0.1, 0.15) is 48.5 Å². The molecule has 4 heteroatoms. The van der Waals surface area contributed by atoms with Crippen molar-refractivity contribution in [2.24, 2.45) is 5.92 Å². The number of phenols is 2. The van der Waals surface area contributed by atoms with Crippen molar-refractivity contribution in [1.29, 1.82) is 0 Å². The third kappa shape index (κ3) is 3.70. The van der Waals surface area contributed by atoms with Crippen LogP contribution in [0.2, 0.25) is 0 Å². The second-order valence-electron chi connectivity index (χ2n) is 5.89. The molecule has 2 N–H and O–H groups in total. The third-order valence-electron chi connectivity index (χ3n) is 4.52. The molecule has 4 nitrogen and oxygen atoms in total. The molecule has 1 atom stereocenters. The molecule has 0 radical (unpaired) electrons. The fourth-order valence-electron chi connectivity index (χ4n) is 3.10. The highest BCUT2D eigenvalue weighted by molar-refractivity contribution is 6.03. The Morgan fingerprint density at radius 1 is 1.04 bits per heavy atom. The molecule has 2 aromatic rings. The highest BCUT2D eigenvalue weighted by Crippen LogP contribution is 2.36. The maximum Gasteiger partial charge on any atom is 0.174 e. The summed E-state index contributed by atoms with van der Waals surface area (Å²) in [6, 6.07) is 11.6. The van der Waals surface area contributed by atoms with Gasteiger partial charge in [-0.1, -0.05) is 38.8 Å². The highest BCUT2D eigenvalue weighted by atomic mass is 16.5. The van der Waals surface area contributed by atoms with E-state index in [-0.39, 0.29) is 34.7 Å². The molecule has 0 heterocycles. The lowest BCUT2D eigenvalue weighted by molar-refractivity contribution is 0.0922. The molecule has 2 aromatic carbocycles. The summed E-state index contributed by atoms with van der Waals surface area (Å²) in [6.07, 6.45) is 1.72. The average molecular weight is 328 g/mol. The lowest BCUT2D eigenvalue weighted by atomic mass is 9.78. The van der Waals surface area contributed by atoms with Crippen molar-refractivity contribution >= 4 is 5.78 Å². The molecule has 128 valence electrons. The van der Waals surface area contributed by atoms with Crippen LogP contribution in [0.4, 0.5) is 0 Å². The van der Waals surface area contributed by atoms with Gasteiger partial charge in [0.2, 0.25) is 0 Å². The quantitative estimate of drug-likeness (QED) is 0.734. The van der Waals surface area contributed by atoms with Crippen molar-refractivity contribution in [2.75, 3.05) is 7.11 Å². The van der Waals surface area contributed by atoms with Gasteiger partial charge in [-0.3, -0.25) is 4.79 Å². The van der Waals surface area contributed by atoms with Crippen LogP contribution >= 0.6 is 0 Å². The van der Waals surface area contributed by atoms with Gasteiger partial charge in [0.1, 0.15) is 17.2 Å². The summed E-state index contributed by atoms with van der Waals surface area (Å²) in [4.78, 5) is 13.1. The van der Waals surface area contributed by atoms with E-state index in [2.05, 4.69) is 13.8 Å². The van der Waals surface area contributed by atoms with Gasteiger partial charge in [-0.2, -0.15) is 0 Å². The lowest BCUT2D eigenvalue weighted by Gasteiger charge is -2.25. The van der Waals surface area contributed by atoms with E-state index in [0.717, 1.165) is 24.2 Å². The van der Waals surface area contributed by atoms with Crippen molar-refractivity contribution in [3.8, 4) is 17.2 Å². The molecule has 0 aromatic heterocycles. The first kappa shape index (κ1) is 17.9. The third-order valence-corrected chi connectivity index (χ3v) is 4.52. The first-order valence-corrected chi connectivity index (χ1v) is 8.21. The van der Waals surface area contributed by atoms with Gasteiger partial charge in [-0.15, -0.1) is 0 Å². The van der Waals surface area contributed by atoms with Gasteiger partial charge in [0, 0.05) is 6.07 Å². The second-order valence-corrected chi connectivity index (χ2v) is 5.89. The van der Waals surface area contributed by atoms with E-state index in [4.69, 9.17) is 4.74 Å². The summed E-state index contributed by atoms with van der Waals surface area (Å²) < 4.78 is 5.19. The topological polar surface area (TPSA) is 66.8 Å². The Morgan fingerprint density at radius 3 is 2.17 bits per heavy atom. The normalized spacial score (nSPS) is 12.2. The van der Waals surface area contributed by atoms with Crippen LogP contribution in [-0.4, -0.2) is 23.1 Å². The summed E-state index contributed by atoms with van der Waals surface area (Å²) in [6.45, 7) is 4.13. The number of phenolic OH excluding ortho intramolecular Hbond substituents is 2. The van der Waals surface area contributed by atoms with Crippen molar-refractivity contribution in [3.05, 3.63) is 53.6 Å². The molecule has 0 aliphatic rings. The number of aromatic hydroxyl groups is 2. The van der Waals surface area contributed by atoms with Crippen LogP contribution in [0, 0.1) is 5.92 Å². The number of hydrogen-bond donors (Lipinski definition) is 2. The summed E-state index contributed by atoms with van der Waals surface area (Å²) in [5, 5.41) is 19.5. The monoisotopic (exact) mass is 328 g/mol. The largest absolute Gasteiger partial charge is 0.508 e. The minimum atomic E-state index is -0.346. The van der Waals surface area contributed by atoms with E-state index in [1.54, 1.807) is 7.11 Å². The van der Waals surface area contributed by atoms with E-state index in [9.17, 15) is 15.0 Å². The van der Waals surface area contributed by atoms with Gasteiger partial charge in [0.15, 0.2) is 5.78 Å². The molecule has 2 rings (SSSR count). The molecule has 0 amide bonds.